The van der Waals surface area contributed by atoms with Gasteiger partial charge in [-0.2, -0.15) is 0 Å². The minimum atomic E-state index is -0.319. The van der Waals surface area contributed by atoms with Gasteiger partial charge in [-0.3, -0.25) is 0 Å². The Morgan fingerprint density at radius 1 is 0.808 bits per heavy atom. The second kappa shape index (κ2) is 7.02. The molecule has 26 heavy (non-hydrogen) atoms. The van der Waals surface area contributed by atoms with Gasteiger partial charge >= 0.3 is 5.97 Å². The van der Waals surface area contributed by atoms with Gasteiger partial charge in [0, 0.05) is 14.8 Å². The zero-order valence-electron chi connectivity index (χ0n) is 14.0. The first-order valence-electron chi connectivity index (χ1n) is 8.14. The molecule has 4 heteroatoms. The van der Waals surface area contributed by atoms with E-state index in [4.69, 9.17) is 16.3 Å². The van der Waals surface area contributed by atoms with Crippen LogP contribution in [-0.4, -0.2) is 13.1 Å². The number of hydrogen-bond acceptors (Lipinski definition) is 3. The van der Waals surface area contributed by atoms with Crippen LogP contribution in [-0.2, 0) is 4.74 Å². The Morgan fingerprint density at radius 3 is 1.81 bits per heavy atom. The summed E-state index contributed by atoms with van der Waals surface area (Å²) in [6.07, 6.45) is 0. The van der Waals surface area contributed by atoms with Crippen molar-refractivity contribution in [2.75, 3.05) is 7.11 Å². The van der Waals surface area contributed by atoms with Crippen molar-refractivity contribution in [3.05, 3.63) is 83.4 Å². The molecule has 4 aromatic carbocycles. The van der Waals surface area contributed by atoms with Crippen molar-refractivity contribution >= 4 is 50.9 Å². The molecule has 0 heterocycles. The van der Waals surface area contributed by atoms with Crippen LogP contribution in [0.5, 0.6) is 0 Å². The van der Waals surface area contributed by atoms with E-state index in [9.17, 15) is 4.79 Å². The Labute approximate surface area is 160 Å². The van der Waals surface area contributed by atoms with Crippen molar-refractivity contribution in [2.45, 2.75) is 9.79 Å². The predicted octanol–water partition coefficient (Wildman–Crippen LogP) is 6.58. The highest BCUT2D eigenvalue weighted by Crippen LogP contribution is 2.42. The second-order valence-electron chi connectivity index (χ2n) is 5.84. The highest BCUT2D eigenvalue weighted by atomic mass is 35.5. The average Bonchev–Trinajstić information content (AvgIpc) is 2.69. The first kappa shape index (κ1) is 17.0. The first-order chi connectivity index (χ1) is 12.7. The van der Waals surface area contributed by atoms with Crippen LogP contribution < -0.4 is 0 Å². The van der Waals surface area contributed by atoms with Crippen LogP contribution in [0.1, 0.15) is 10.4 Å². The molecule has 0 aliphatic heterocycles. The number of halogens is 1. The number of ether oxygens (including phenoxy) is 1. The van der Waals surface area contributed by atoms with Crippen molar-refractivity contribution in [1.82, 2.24) is 0 Å². The Bertz CT molecular complexity index is 1060. The van der Waals surface area contributed by atoms with Gasteiger partial charge in [-0.1, -0.05) is 71.9 Å². The van der Waals surface area contributed by atoms with E-state index in [1.165, 1.54) is 7.11 Å². The molecule has 0 amide bonds. The van der Waals surface area contributed by atoms with Crippen molar-refractivity contribution in [2.24, 2.45) is 0 Å². The molecule has 4 aromatic rings. The fourth-order valence-corrected chi connectivity index (χ4v) is 4.35. The predicted molar refractivity (Wildman–Crippen MR) is 108 cm³/mol. The topological polar surface area (TPSA) is 26.3 Å². The molecular formula is C22H15ClO2S. The Morgan fingerprint density at radius 2 is 1.31 bits per heavy atom. The molecule has 0 saturated heterocycles. The van der Waals surface area contributed by atoms with E-state index in [0.717, 1.165) is 31.3 Å². The van der Waals surface area contributed by atoms with Gasteiger partial charge in [0.05, 0.1) is 12.7 Å². The molecular weight excluding hydrogens is 364 g/mol. The first-order valence-corrected chi connectivity index (χ1v) is 9.33. The van der Waals surface area contributed by atoms with Crippen molar-refractivity contribution in [3.63, 3.8) is 0 Å². The lowest BCUT2D eigenvalue weighted by Crippen LogP contribution is -2.04. The van der Waals surface area contributed by atoms with E-state index in [-0.39, 0.29) is 5.97 Å². The maximum absolute atomic E-state index is 12.5. The fourth-order valence-electron chi connectivity index (χ4n) is 3.14. The SMILES string of the molecule is COC(=O)c1c2ccccc2c(Sc2ccc(Cl)cc2)c2ccccc12. The third kappa shape index (κ3) is 2.94. The highest BCUT2D eigenvalue weighted by molar-refractivity contribution is 7.99. The van der Waals surface area contributed by atoms with Gasteiger partial charge in [-0.05, 0) is 45.8 Å². The van der Waals surface area contributed by atoms with Crippen LogP contribution in [0.2, 0.25) is 5.02 Å². The van der Waals surface area contributed by atoms with Gasteiger partial charge in [0.1, 0.15) is 0 Å². The Balaban J connectivity index is 2.05. The molecule has 0 fully saturated rings. The number of fused-ring (bicyclic) bond motifs is 2. The molecule has 0 spiro atoms. The lowest BCUT2D eigenvalue weighted by molar-refractivity contribution is 0.0605. The summed E-state index contributed by atoms with van der Waals surface area (Å²) in [7, 11) is 1.42. The second-order valence-corrected chi connectivity index (χ2v) is 7.36. The molecule has 0 N–H and O–H groups in total. The summed E-state index contributed by atoms with van der Waals surface area (Å²) >= 11 is 7.69. The van der Waals surface area contributed by atoms with Crippen molar-refractivity contribution < 1.29 is 9.53 Å². The zero-order valence-corrected chi connectivity index (χ0v) is 15.6. The maximum atomic E-state index is 12.5. The lowest BCUT2D eigenvalue weighted by atomic mass is 9.96. The summed E-state index contributed by atoms with van der Waals surface area (Å²) in [6, 6.07) is 23.7. The normalized spacial score (nSPS) is 11.0. The highest BCUT2D eigenvalue weighted by Gasteiger charge is 2.19. The Hall–Kier alpha value is -2.49. The summed E-state index contributed by atoms with van der Waals surface area (Å²) in [6.45, 7) is 0. The summed E-state index contributed by atoms with van der Waals surface area (Å²) in [5.41, 5.74) is 0.610. The van der Waals surface area contributed by atoms with Gasteiger partial charge < -0.3 is 4.74 Å². The number of carbonyl (C=O) groups excluding carboxylic acids is 1. The number of hydrogen-bond donors (Lipinski definition) is 0. The molecule has 128 valence electrons. The van der Waals surface area contributed by atoms with Crippen LogP contribution in [0, 0.1) is 0 Å². The quantitative estimate of drug-likeness (QED) is 0.297. The van der Waals surface area contributed by atoms with E-state index in [2.05, 4.69) is 0 Å². The Kier molecular flexibility index (Phi) is 4.58. The molecule has 2 nitrogen and oxygen atoms in total. The molecule has 4 rings (SSSR count). The van der Waals surface area contributed by atoms with E-state index in [1.54, 1.807) is 11.8 Å². The number of rotatable bonds is 3. The number of carbonyl (C=O) groups is 1. The van der Waals surface area contributed by atoms with Gasteiger partial charge in [0.2, 0.25) is 0 Å². The number of methoxy groups -OCH3 is 1. The van der Waals surface area contributed by atoms with E-state index < -0.39 is 0 Å². The molecule has 0 saturated carbocycles. The van der Waals surface area contributed by atoms with Gasteiger partial charge in [-0.25, -0.2) is 4.79 Å². The van der Waals surface area contributed by atoms with Gasteiger partial charge in [-0.15, -0.1) is 0 Å². The van der Waals surface area contributed by atoms with Crippen LogP contribution in [0.4, 0.5) is 0 Å². The molecule has 0 aliphatic carbocycles. The van der Waals surface area contributed by atoms with E-state index in [1.807, 2.05) is 72.8 Å². The summed E-state index contributed by atoms with van der Waals surface area (Å²) in [5.74, 6) is -0.319. The van der Waals surface area contributed by atoms with Gasteiger partial charge in [0.15, 0.2) is 0 Å². The summed E-state index contributed by atoms with van der Waals surface area (Å²) < 4.78 is 5.06. The molecule has 0 radical (unpaired) electrons. The maximum Gasteiger partial charge on any atom is 0.339 e. The molecule has 0 unspecified atom stereocenters. The van der Waals surface area contributed by atoms with Crippen LogP contribution >= 0.6 is 23.4 Å². The molecule has 0 aromatic heterocycles. The molecule has 0 aliphatic rings. The standard InChI is InChI=1S/C22H15ClO2S/c1-25-22(24)20-16-6-2-4-8-18(16)21(19-9-5-3-7-17(19)20)26-15-12-10-14(23)11-13-15/h2-13H,1H3. The van der Waals surface area contributed by atoms with E-state index >= 15 is 0 Å². The molecule has 0 bridgehead atoms. The minimum Gasteiger partial charge on any atom is -0.465 e. The number of esters is 1. The van der Waals surface area contributed by atoms with E-state index in [0.29, 0.717) is 10.6 Å². The zero-order chi connectivity index (χ0) is 18.1. The largest absolute Gasteiger partial charge is 0.465 e. The summed E-state index contributed by atoms with van der Waals surface area (Å²) in [4.78, 5) is 14.7. The summed E-state index contributed by atoms with van der Waals surface area (Å²) in [5, 5.41) is 4.58. The molecule has 0 atom stereocenters. The van der Waals surface area contributed by atoms with Crippen LogP contribution in [0.25, 0.3) is 21.5 Å². The lowest BCUT2D eigenvalue weighted by Gasteiger charge is -2.15. The fraction of sp³-hybridized carbons (Fsp3) is 0.0455. The average molecular weight is 379 g/mol. The minimum absolute atomic E-state index is 0.319. The van der Waals surface area contributed by atoms with Crippen LogP contribution in [0.3, 0.4) is 0 Å². The van der Waals surface area contributed by atoms with Crippen LogP contribution in [0.15, 0.2) is 82.6 Å². The third-order valence-corrected chi connectivity index (χ3v) is 5.71. The van der Waals surface area contributed by atoms with Crippen molar-refractivity contribution in [1.29, 1.82) is 0 Å². The monoisotopic (exact) mass is 378 g/mol. The third-order valence-electron chi connectivity index (χ3n) is 4.31. The van der Waals surface area contributed by atoms with Gasteiger partial charge in [0.25, 0.3) is 0 Å². The number of benzene rings is 4. The smallest absolute Gasteiger partial charge is 0.339 e. The van der Waals surface area contributed by atoms with Crippen molar-refractivity contribution in [3.8, 4) is 0 Å².